The molecule has 0 radical (unpaired) electrons. The lowest BCUT2D eigenvalue weighted by Gasteiger charge is -2.36. The van der Waals surface area contributed by atoms with E-state index in [1.165, 1.54) is 0 Å². The van der Waals surface area contributed by atoms with Gasteiger partial charge in [0.1, 0.15) is 6.04 Å². The summed E-state index contributed by atoms with van der Waals surface area (Å²) < 4.78 is 11.1. The number of nitrogens with one attached hydrogen (secondary N) is 1. The van der Waals surface area contributed by atoms with E-state index >= 15 is 0 Å². The minimum Gasteiger partial charge on any atom is -0.342 e. The summed E-state index contributed by atoms with van der Waals surface area (Å²) in [6.07, 6.45) is 4.39. The van der Waals surface area contributed by atoms with Gasteiger partial charge in [-0.3, -0.25) is 13.8 Å². The van der Waals surface area contributed by atoms with Crippen molar-refractivity contribution in [1.82, 2.24) is 10.2 Å². The number of nitrogens with zero attached hydrogens (tertiary/aromatic N) is 1. The van der Waals surface area contributed by atoms with Crippen molar-refractivity contribution in [2.75, 3.05) is 18.6 Å². The number of rotatable bonds is 5. The molecule has 1 N–H and O–H groups in total. The zero-order valence-electron chi connectivity index (χ0n) is 10.8. The van der Waals surface area contributed by atoms with E-state index in [0.717, 1.165) is 12.8 Å². The number of hydrogen-bond acceptors (Lipinski definition) is 3. The SMILES string of the molecule is CC(CCS(C)=O)N1CC(=O)NC(C2CC2)C1=O. The largest absolute Gasteiger partial charge is 0.342 e. The van der Waals surface area contributed by atoms with Gasteiger partial charge in [0.2, 0.25) is 11.8 Å². The second kappa shape index (κ2) is 5.38. The Labute approximate surface area is 110 Å². The summed E-state index contributed by atoms with van der Waals surface area (Å²) in [4.78, 5) is 25.6. The van der Waals surface area contributed by atoms with Crippen molar-refractivity contribution in [2.45, 2.75) is 38.3 Å². The quantitative estimate of drug-likeness (QED) is 0.759. The average molecular weight is 272 g/mol. The zero-order chi connectivity index (χ0) is 13.3. The lowest BCUT2D eigenvalue weighted by Crippen LogP contribution is -2.61. The standard InChI is InChI=1S/C12H20N2O3S/c1-8(5-6-18(2)17)14-7-10(15)13-11(12(14)16)9-3-4-9/h8-9,11H,3-7H2,1-2H3,(H,13,15). The summed E-state index contributed by atoms with van der Waals surface area (Å²) in [5, 5.41) is 2.79. The van der Waals surface area contributed by atoms with Crippen LogP contribution in [0.15, 0.2) is 0 Å². The van der Waals surface area contributed by atoms with Crippen LogP contribution in [-0.4, -0.2) is 51.6 Å². The van der Waals surface area contributed by atoms with Crippen LogP contribution in [0.5, 0.6) is 0 Å². The third kappa shape index (κ3) is 3.10. The van der Waals surface area contributed by atoms with Crippen LogP contribution in [0, 0.1) is 5.92 Å². The molecule has 1 aliphatic carbocycles. The maximum Gasteiger partial charge on any atom is 0.246 e. The van der Waals surface area contributed by atoms with Gasteiger partial charge in [0.05, 0.1) is 6.54 Å². The second-order valence-electron chi connectivity index (χ2n) is 5.26. The lowest BCUT2D eigenvalue weighted by atomic mass is 10.1. The van der Waals surface area contributed by atoms with Crippen LogP contribution in [0.2, 0.25) is 0 Å². The molecule has 2 rings (SSSR count). The Morgan fingerprint density at radius 1 is 1.44 bits per heavy atom. The molecule has 3 unspecified atom stereocenters. The van der Waals surface area contributed by atoms with Gasteiger partial charge in [-0.1, -0.05) is 0 Å². The first-order valence-electron chi connectivity index (χ1n) is 6.39. The summed E-state index contributed by atoms with van der Waals surface area (Å²) in [6, 6.07) is -0.338. The van der Waals surface area contributed by atoms with Gasteiger partial charge in [-0.25, -0.2) is 0 Å². The van der Waals surface area contributed by atoms with Crippen LogP contribution >= 0.6 is 0 Å². The molecule has 1 saturated heterocycles. The van der Waals surface area contributed by atoms with Gasteiger partial charge in [0.15, 0.2) is 0 Å². The van der Waals surface area contributed by atoms with Gasteiger partial charge < -0.3 is 10.2 Å². The highest BCUT2D eigenvalue weighted by Crippen LogP contribution is 2.34. The van der Waals surface area contributed by atoms with Gasteiger partial charge in [-0.05, 0) is 32.1 Å². The Bertz CT molecular complexity index is 382. The van der Waals surface area contributed by atoms with E-state index in [4.69, 9.17) is 0 Å². The summed E-state index contributed by atoms with van der Waals surface area (Å²) in [6.45, 7) is 2.06. The van der Waals surface area contributed by atoms with Crippen molar-refractivity contribution in [2.24, 2.45) is 5.92 Å². The van der Waals surface area contributed by atoms with Crippen LogP contribution in [0.3, 0.4) is 0 Å². The predicted molar refractivity (Wildman–Crippen MR) is 69.4 cm³/mol. The van der Waals surface area contributed by atoms with E-state index in [0.29, 0.717) is 18.1 Å². The molecule has 102 valence electrons. The van der Waals surface area contributed by atoms with Crippen LogP contribution in [-0.2, 0) is 20.4 Å². The fourth-order valence-electron chi connectivity index (χ4n) is 2.31. The molecule has 0 aromatic carbocycles. The van der Waals surface area contributed by atoms with Crippen molar-refractivity contribution in [3.8, 4) is 0 Å². The van der Waals surface area contributed by atoms with Crippen LogP contribution in [0.1, 0.15) is 26.2 Å². The fourth-order valence-corrected chi connectivity index (χ4v) is 2.98. The van der Waals surface area contributed by atoms with Crippen molar-refractivity contribution in [3.63, 3.8) is 0 Å². The first kappa shape index (κ1) is 13.5. The molecule has 3 atom stereocenters. The Morgan fingerprint density at radius 3 is 2.67 bits per heavy atom. The number of carbonyl (C=O) groups excluding carboxylic acids is 2. The molecule has 5 nitrogen and oxygen atoms in total. The van der Waals surface area contributed by atoms with E-state index in [1.54, 1.807) is 11.2 Å². The average Bonchev–Trinajstić information content (AvgIpc) is 3.12. The van der Waals surface area contributed by atoms with Crippen LogP contribution < -0.4 is 5.32 Å². The lowest BCUT2D eigenvalue weighted by molar-refractivity contribution is -0.147. The Hall–Kier alpha value is -0.910. The molecule has 1 aliphatic heterocycles. The third-order valence-corrected chi connectivity index (χ3v) is 4.44. The minimum atomic E-state index is -0.854. The summed E-state index contributed by atoms with van der Waals surface area (Å²) in [7, 11) is -0.854. The number of piperazine rings is 1. The van der Waals surface area contributed by atoms with Gasteiger partial charge in [-0.15, -0.1) is 0 Å². The maximum atomic E-state index is 12.3. The summed E-state index contributed by atoms with van der Waals surface area (Å²) in [5.41, 5.74) is 0. The second-order valence-corrected chi connectivity index (χ2v) is 6.82. The Kier molecular flexibility index (Phi) is 4.04. The first-order valence-corrected chi connectivity index (χ1v) is 8.11. The van der Waals surface area contributed by atoms with Crippen molar-refractivity contribution in [3.05, 3.63) is 0 Å². The van der Waals surface area contributed by atoms with Crippen molar-refractivity contribution in [1.29, 1.82) is 0 Å². The molecular weight excluding hydrogens is 252 g/mol. The maximum absolute atomic E-state index is 12.3. The number of hydrogen-bond donors (Lipinski definition) is 1. The van der Waals surface area contributed by atoms with Crippen LogP contribution in [0.4, 0.5) is 0 Å². The van der Waals surface area contributed by atoms with Crippen molar-refractivity contribution >= 4 is 22.6 Å². The molecule has 2 aliphatic rings. The highest BCUT2D eigenvalue weighted by atomic mass is 32.2. The molecular formula is C12H20N2O3S. The molecule has 1 saturated carbocycles. The van der Waals surface area contributed by atoms with Gasteiger partial charge in [-0.2, -0.15) is 0 Å². The number of amides is 2. The van der Waals surface area contributed by atoms with E-state index < -0.39 is 10.8 Å². The van der Waals surface area contributed by atoms with E-state index in [-0.39, 0.29) is 30.4 Å². The Balaban J connectivity index is 1.98. The summed E-state index contributed by atoms with van der Waals surface area (Å²) in [5.74, 6) is 0.861. The third-order valence-electron chi connectivity index (χ3n) is 3.63. The monoisotopic (exact) mass is 272 g/mol. The van der Waals surface area contributed by atoms with E-state index in [1.807, 2.05) is 6.92 Å². The molecule has 0 aromatic rings. The molecule has 2 fully saturated rings. The number of carbonyl (C=O) groups is 2. The van der Waals surface area contributed by atoms with Gasteiger partial charge in [0.25, 0.3) is 0 Å². The summed E-state index contributed by atoms with van der Waals surface area (Å²) >= 11 is 0. The van der Waals surface area contributed by atoms with Crippen LogP contribution in [0.25, 0.3) is 0 Å². The smallest absolute Gasteiger partial charge is 0.246 e. The molecule has 2 amide bonds. The van der Waals surface area contributed by atoms with E-state index in [2.05, 4.69) is 5.32 Å². The van der Waals surface area contributed by atoms with E-state index in [9.17, 15) is 13.8 Å². The highest BCUT2D eigenvalue weighted by molar-refractivity contribution is 7.84. The molecule has 1 heterocycles. The predicted octanol–water partition coefficient (Wildman–Crippen LogP) is -0.119. The molecule has 18 heavy (non-hydrogen) atoms. The first-order chi connectivity index (χ1) is 8.49. The minimum absolute atomic E-state index is 0.0197. The fraction of sp³-hybridized carbons (Fsp3) is 0.833. The van der Waals surface area contributed by atoms with Crippen molar-refractivity contribution < 1.29 is 13.8 Å². The van der Waals surface area contributed by atoms with Gasteiger partial charge in [0, 0.05) is 28.9 Å². The zero-order valence-corrected chi connectivity index (χ0v) is 11.7. The highest BCUT2D eigenvalue weighted by Gasteiger charge is 2.43. The molecule has 6 heteroatoms. The molecule has 0 spiro atoms. The Morgan fingerprint density at radius 2 is 2.11 bits per heavy atom. The molecule has 0 bridgehead atoms. The normalized spacial score (nSPS) is 27.9. The van der Waals surface area contributed by atoms with Gasteiger partial charge >= 0.3 is 0 Å². The molecule has 0 aromatic heterocycles. The topological polar surface area (TPSA) is 66.5 Å².